The Balaban J connectivity index is 1.90. The molecule has 10 nitrogen and oxygen atoms in total. The molecule has 2 heterocycles. The number of hydrogen-bond acceptors (Lipinski definition) is 9. The molecule has 0 saturated carbocycles. The second kappa shape index (κ2) is 7.98. The highest BCUT2D eigenvalue weighted by molar-refractivity contribution is 7.53. The van der Waals surface area contributed by atoms with E-state index in [1.54, 1.807) is 27.7 Å². The molecule has 0 aromatic rings. The Morgan fingerprint density at radius 1 is 1.17 bits per heavy atom. The fraction of sp³-hybridized carbons (Fsp3) is 0.692. The van der Waals surface area contributed by atoms with E-state index in [4.69, 9.17) is 19.5 Å². The van der Waals surface area contributed by atoms with Gasteiger partial charge in [-0.15, -0.1) is 10.2 Å². The molecule has 2 N–H and O–H groups in total. The van der Waals surface area contributed by atoms with E-state index in [9.17, 15) is 4.57 Å². The first-order valence-electron chi connectivity index (χ1n) is 7.64. The van der Waals surface area contributed by atoms with Crippen LogP contribution in [0.4, 0.5) is 5.82 Å². The Hall–Kier alpha value is -1.61. The lowest BCUT2D eigenvalue weighted by Gasteiger charge is -2.22. The van der Waals surface area contributed by atoms with Crippen LogP contribution in [0.15, 0.2) is 6.33 Å². The van der Waals surface area contributed by atoms with Crippen molar-refractivity contribution in [2.24, 2.45) is 0 Å². The molecule has 0 fully saturated rings. The van der Waals surface area contributed by atoms with Gasteiger partial charge in [-0.1, -0.05) is 0 Å². The molecule has 0 aromatic heterocycles. The zero-order chi connectivity index (χ0) is 17.7. The number of anilines is 1. The standard InChI is InChI=1S/C13H23N6O4P/c1-9(2)22-24(20,23-10(3)4)8-21-6-5-19-17-12(14)11-13(18-19)16-7-15-11/h7,9-10H,5-6,8H2,1-4H3,(H2,14,17). The average Bonchev–Trinajstić information content (AvgIpc) is 2.90. The lowest BCUT2D eigenvalue weighted by molar-refractivity contribution is 0.0935. The van der Waals surface area contributed by atoms with Crippen LogP contribution in [0.25, 0.3) is 11.5 Å². The molecule has 134 valence electrons. The number of imidazole rings is 1. The molecule has 0 unspecified atom stereocenters. The Morgan fingerprint density at radius 2 is 1.83 bits per heavy atom. The van der Waals surface area contributed by atoms with Crippen molar-refractivity contribution in [1.29, 1.82) is 0 Å². The van der Waals surface area contributed by atoms with Crippen LogP contribution in [-0.2, 0) is 24.9 Å². The molecule has 2 aliphatic heterocycles. The summed E-state index contributed by atoms with van der Waals surface area (Å²) >= 11 is 0. The van der Waals surface area contributed by atoms with Gasteiger partial charge in [0.25, 0.3) is 0 Å². The van der Waals surface area contributed by atoms with Crippen LogP contribution in [0.1, 0.15) is 27.7 Å². The predicted octanol–water partition coefficient (Wildman–Crippen LogP) is 1.77. The molecule has 0 spiro atoms. The number of fused-ring (bicyclic) bond motifs is 1. The normalized spacial score (nSPS) is 12.6. The van der Waals surface area contributed by atoms with Gasteiger partial charge < -0.3 is 19.5 Å². The van der Waals surface area contributed by atoms with Crippen LogP contribution in [0.3, 0.4) is 0 Å². The van der Waals surface area contributed by atoms with Gasteiger partial charge in [0.15, 0.2) is 11.5 Å². The largest absolute Gasteiger partial charge is 0.380 e. The first kappa shape index (κ1) is 18.7. The summed E-state index contributed by atoms with van der Waals surface area (Å²) in [5.74, 6) is 0.661. The van der Waals surface area contributed by atoms with Gasteiger partial charge in [0.2, 0.25) is 5.82 Å². The smallest absolute Gasteiger partial charge is 0.356 e. The van der Waals surface area contributed by atoms with Crippen molar-refractivity contribution in [2.75, 3.05) is 18.7 Å². The molecule has 0 atom stereocenters. The third-order valence-corrected chi connectivity index (χ3v) is 4.67. The van der Waals surface area contributed by atoms with Gasteiger partial charge >= 0.3 is 7.60 Å². The van der Waals surface area contributed by atoms with E-state index in [0.29, 0.717) is 18.1 Å². The Labute approximate surface area is 140 Å². The highest BCUT2D eigenvalue weighted by atomic mass is 31.2. The highest BCUT2D eigenvalue weighted by Gasteiger charge is 2.28. The van der Waals surface area contributed by atoms with Gasteiger partial charge in [-0.05, 0) is 27.7 Å². The van der Waals surface area contributed by atoms with Gasteiger partial charge in [0, 0.05) is 0 Å². The van der Waals surface area contributed by atoms with Crippen molar-refractivity contribution in [3.05, 3.63) is 6.33 Å². The molecule has 0 aromatic carbocycles. The molecule has 11 heteroatoms. The first-order chi connectivity index (χ1) is 11.3. The third kappa shape index (κ3) is 5.20. The number of ether oxygens (including phenoxy) is 1. The summed E-state index contributed by atoms with van der Waals surface area (Å²) in [6.07, 6.45) is 0.778. The van der Waals surface area contributed by atoms with Gasteiger partial charge in [-0.3, -0.25) is 4.57 Å². The quantitative estimate of drug-likeness (QED) is 0.527. The van der Waals surface area contributed by atoms with Crippen molar-refractivity contribution in [3.63, 3.8) is 0 Å². The molecular weight excluding hydrogens is 335 g/mol. The fourth-order valence-corrected chi connectivity index (χ4v) is 3.78. The monoisotopic (exact) mass is 358 g/mol. The fourth-order valence-electron chi connectivity index (χ4n) is 1.97. The van der Waals surface area contributed by atoms with Crippen LogP contribution < -0.4 is 5.73 Å². The Morgan fingerprint density at radius 3 is 2.46 bits per heavy atom. The maximum Gasteiger partial charge on any atom is 0.356 e. The average molecular weight is 358 g/mol. The highest BCUT2D eigenvalue weighted by Crippen LogP contribution is 2.50. The summed E-state index contributed by atoms with van der Waals surface area (Å²) < 4.78 is 28.8. The van der Waals surface area contributed by atoms with E-state index in [1.807, 2.05) is 0 Å². The van der Waals surface area contributed by atoms with Crippen molar-refractivity contribution in [1.82, 2.24) is 25.0 Å². The van der Waals surface area contributed by atoms with E-state index < -0.39 is 7.60 Å². The topological polar surface area (TPSA) is 127 Å². The predicted molar refractivity (Wildman–Crippen MR) is 87.5 cm³/mol. The first-order valence-corrected chi connectivity index (χ1v) is 9.37. The molecule has 2 aliphatic rings. The van der Waals surface area contributed by atoms with Crippen molar-refractivity contribution in [3.8, 4) is 11.5 Å². The minimum atomic E-state index is -3.31. The van der Waals surface area contributed by atoms with Crippen LogP contribution in [-0.4, -0.2) is 50.1 Å². The number of nitrogen functional groups attached to an aromatic ring is 1. The second-order valence-electron chi connectivity index (χ2n) is 5.68. The molecule has 0 aliphatic carbocycles. The maximum absolute atomic E-state index is 12.6. The minimum Gasteiger partial charge on any atom is -0.380 e. The zero-order valence-corrected chi connectivity index (χ0v) is 15.1. The van der Waals surface area contributed by atoms with E-state index in [2.05, 4.69) is 20.2 Å². The van der Waals surface area contributed by atoms with Gasteiger partial charge in [0.05, 0.1) is 25.4 Å². The summed E-state index contributed by atoms with van der Waals surface area (Å²) in [6.45, 7) is 7.70. The minimum absolute atomic E-state index is 0.141. The van der Waals surface area contributed by atoms with E-state index in [-0.39, 0.29) is 31.0 Å². The molecule has 0 bridgehead atoms. The molecule has 0 amide bonds. The molecule has 2 rings (SSSR count). The number of nitrogens with two attached hydrogens (primary N) is 1. The van der Waals surface area contributed by atoms with E-state index in [0.717, 1.165) is 0 Å². The summed E-state index contributed by atoms with van der Waals surface area (Å²) in [4.78, 5) is 9.32. The third-order valence-electron chi connectivity index (χ3n) is 2.68. The van der Waals surface area contributed by atoms with Gasteiger partial charge in [0.1, 0.15) is 12.7 Å². The molecule has 0 saturated heterocycles. The van der Waals surface area contributed by atoms with E-state index in [1.165, 1.54) is 11.1 Å². The Bertz CT molecular complexity index is 663. The number of aromatic nitrogens is 5. The van der Waals surface area contributed by atoms with Crippen molar-refractivity contribution < 1.29 is 18.3 Å². The summed E-state index contributed by atoms with van der Waals surface area (Å²) in [6, 6.07) is 0. The SMILES string of the molecule is CC(C)OP(=O)(COCCn1nc2ncnc-2c(N)n1)OC(C)C. The number of rotatable bonds is 9. The Kier molecular flexibility index (Phi) is 6.22. The van der Waals surface area contributed by atoms with Gasteiger partial charge in [-0.25, -0.2) is 9.97 Å². The summed E-state index contributed by atoms with van der Waals surface area (Å²) in [5, 5.41) is 8.24. The number of nitrogens with zero attached hydrogens (tertiary/aromatic N) is 5. The van der Waals surface area contributed by atoms with Crippen LogP contribution in [0.2, 0.25) is 0 Å². The van der Waals surface area contributed by atoms with Gasteiger partial charge in [-0.2, -0.15) is 4.80 Å². The van der Waals surface area contributed by atoms with Crippen LogP contribution in [0, 0.1) is 0 Å². The summed E-state index contributed by atoms with van der Waals surface area (Å²) in [5.41, 5.74) is 6.25. The zero-order valence-electron chi connectivity index (χ0n) is 14.2. The lowest BCUT2D eigenvalue weighted by atomic mass is 10.4. The second-order valence-corrected chi connectivity index (χ2v) is 7.59. The molecular formula is C13H23N6O4P. The number of hydrogen-bond donors (Lipinski definition) is 1. The van der Waals surface area contributed by atoms with Crippen LogP contribution >= 0.6 is 7.60 Å². The van der Waals surface area contributed by atoms with E-state index >= 15 is 0 Å². The maximum atomic E-state index is 12.6. The van der Waals surface area contributed by atoms with Crippen molar-refractivity contribution >= 4 is 13.4 Å². The summed E-state index contributed by atoms with van der Waals surface area (Å²) in [7, 11) is -3.31. The lowest BCUT2D eigenvalue weighted by Crippen LogP contribution is -2.18. The van der Waals surface area contributed by atoms with Crippen molar-refractivity contribution in [2.45, 2.75) is 46.4 Å². The molecule has 24 heavy (non-hydrogen) atoms. The van der Waals surface area contributed by atoms with Crippen LogP contribution in [0.5, 0.6) is 0 Å². The molecule has 0 radical (unpaired) electrons.